The summed E-state index contributed by atoms with van der Waals surface area (Å²) < 4.78 is 1.99. The molecule has 2 aromatic heterocycles. The second-order valence-electron chi connectivity index (χ2n) is 7.29. The van der Waals surface area contributed by atoms with Gasteiger partial charge in [0.05, 0.1) is 11.2 Å². The van der Waals surface area contributed by atoms with E-state index >= 15 is 0 Å². The fraction of sp³-hybridized carbons (Fsp3) is 0.348. The first-order valence-electron chi connectivity index (χ1n) is 10.0. The Labute approximate surface area is 198 Å². The number of nitrogens with two attached hydrogens (primary N) is 1. The number of nitrogens with zero attached hydrogens (tertiary/aromatic N) is 2. The van der Waals surface area contributed by atoms with Crippen molar-refractivity contribution < 1.29 is 44.3 Å². The van der Waals surface area contributed by atoms with Crippen LogP contribution in [0.15, 0.2) is 36.4 Å². The van der Waals surface area contributed by atoms with Gasteiger partial charge in [-0.05, 0) is 74.4 Å². The summed E-state index contributed by atoms with van der Waals surface area (Å²) in [5.41, 5.74) is 12.3. The van der Waals surface area contributed by atoms with E-state index in [9.17, 15) is 14.7 Å². The van der Waals surface area contributed by atoms with Gasteiger partial charge < -0.3 is 15.6 Å². The van der Waals surface area contributed by atoms with Crippen LogP contribution in [0.4, 0.5) is 0 Å². The number of benzene rings is 1. The summed E-state index contributed by atoms with van der Waals surface area (Å²) in [4.78, 5) is 22.1. The monoisotopic (exact) mass is 415 g/mol. The number of unbranched alkanes of at least 4 members (excludes halogenated alkanes) is 2. The molecular weight excluding hydrogens is 389 g/mol. The third-order valence-corrected chi connectivity index (χ3v) is 5.31. The number of aliphatic carboxylic acids is 1. The minimum atomic E-state index is -1.00. The van der Waals surface area contributed by atoms with Gasteiger partial charge in [0.15, 0.2) is 0 Å². The number of aromatic nitrogens is 2. The van der Waals surface area contributed by atoms with Gasteiger partial charge in [0, 0.05) is 22.8 Å². The third-order valence-electron chi connectivity index (χ3n) is 5.31. The molecule has 0 atom stereocenters. The van der Waals surface area contributed by atoms with E-state index in [1.54, 1.807) is 12.1 Å². The molecule has 3 aromatic rings. The predicted octanol–water partition coefficient (Wildman–Crippen LogP) is -0.172. The summed E-state index contributed by atoms with van der Waals surface area (Å²) in [6, 6.07) is 11.5. The molecule has 152 valence electrons. The topological polar surface area (TPSA) is 101 Å². The Kier molecular flexibility index (Phi) is 8.65. The number of carbonyl (C=O) groups is 2. The first-order valence-corrected chi connectivity index (χ1v) is 10.0. The number of carboxylic acids is 1. The number of fused-ring (bicyclic) bond motifs is 1. The summed E-state index contributed by atoms with van der Waals surface area (Å²) in [5, 5.41) is 15.4. The normalized spacial score (nSPS) is 10.7. The van der Waals surface area contributed by atoms with Crippen LogP contribution in [-0.2, 0) is 17.6 Å². The van der Waals surface area contributed by atoms with Crippen molar-refractivity contribution >= 4 is 17.4 Å². The van der Waals surface area contributed by atoms with Crippen LogP contribution in [0.25, 0.3) is 16.6 Å². The van der Waals surface area contributed by atoms with Crippen LogP contribution in [0.2, 0.25) is 0 Å². The number of carbonyl (C=O) groups excluding carboxylic acids is 2. The third kappa shape index (κ3) is 5.31. The molecule has 2 N–H and O–H groups in total. The molecule has 0 spiro atoms. The largest absolute Gasteiger partial charge is 1.00 e. The van der Waals surface area contributed by atoms with E-state index in [2.05, 4.69) is 19.1 Å². The average Bonchev–Trinajstić information content (AvgIpc) is 3.09. The van der Waals surface area contributed by atoms with Crippen LogP contribution in [0, 0.1) is 6.92 Å². The van der Waals surface area contributed by atoms with Gasteiger partial charge in [0.25, 0.3) is 0 Å². The van der Waals surface area contributed by atoms with E-state index in [-0.39, 0.29) is 36.0 Å². The molecule has 30 heavy (non-hydrogen) atoms. The van der Waals surface area contributed by atoms with Crippen LogP contribution in [0.3, 0.4) is 0 Å². The number of hydrogen-bond donors (Lipinski definition) is 1. The predicted molar refractivity (Wildman–Crippen MR) is 110 cm³/mol. The van der Waals surface area contributed by atoms with Crippen LogP contribution in [0.5, 0.6) is 0 Å². The molecule has 3 rings (SSSR count). The summed E-state index contributed by atoms with van der Waals surface area (Å²) in [7, 11) is 0. The summed E-state index contributed by atoms with van der Waals surface area (Å²) >= 11 is 0. The molecule has 1 amide bonds. The number of carboxylic acid groups (broad SMARTS) is 1. The van der Waals surface area contributed by atoms with Gasteiger partial charge in [0.2, 0.25) is 5.91 Å². The molecule has 0 unspecified atom stereocenters. The second kappa shape index (κ2) is 10.8. The van der Waals surface area contributed by atoms with E-state index in [1.807, 2.05) is 23.6 Å². The van der Waals surface area contributed by atoms with Crippen LogP contribution >= 0.6 is 0 Å². The molecule has 6 nitrogen and oxygen atoms in total. The summed E-state index contributed by atoms with van der Waals surface area (Å²) in [6.45, 7) is 4.11. The van der Waals surface area contributed by atoms with Crippen molar-refractivity contribution in [2.75, 3.05) is 0 Å². The molecule has 0 fully saturated rings. The summed E-state index contributed by atoms with van der Waals surface area (Å²) in [5.74, 6) is -1.45. The minimum absolute atomic E-state index is 0. The second-order valence-corrected chi connectivity index (χ2v) is 7.29. The Morgan fingerprint density at radius 2 is 1.77 bits per heavy atom. The van der Waals surface area contributed by atoms with Crippen LogP contribution in [-0.4, -0.2) is 21.5 Å². The van der Waals surface area contributed by atoms with Gasteiger partial charge in [-0.3, -0.25) is 4.79 Å². The number of primary amides is 1. The maximum absolute atomic E-state index is 11.4. The van der Waals surface area contributed by atoms with E-state index in [0.29, 0.717) is 12.0 Å². The van der Waals surface area contributed by atoms with Crippen molar-refractivity contribution in [3.05, 3.63) is 58.9 Å². The van der Waals surface area contributed by atoms with Gasteiger partial charge >= 0.3 is 29.6 Å². The average molecular weight is 415 g/mol. The van der Waals surface area contributed by atoms with Crippen molar-refractivity contribution in [2.45, 2.75) is 52.4 Å². The zero-order chi connectivity index (χ0) is 21.0. The zero-order valence-electron chi connectivity index (χ0n) is 17.9. The molecule has 2 heterocycles. The Hall–Kier alpha value is -2.15. The molecule has 0 saturated carbocycles. The Balaban J connectivity index is 0.00000320. The zero-order valence-corrected chi connectivity index (χ0v) is 19.9. The van der Waals surface area contributed by atoms with Crippen molar-refractivity contribution in [2.24, 2.45) is 5.73 Å². The standard InChI is InChI=1S/C23H27N3O3.Na/c1-3-18-13-14-20-22(16-9-11-17(12-10-16)23(24)29)19(15(2)25-26(18)20)7-5-4-6-8-21(27)28;/h9-14H,3-8H2,1-2H3,(H2,24,29)(H,27,28);/q;+1/p-1. The van der Waals surface area contributed by atoms with Gasteiger partial charge in [-0.25, -0.2) is 4.52 Å². The SMILES string of the molecule is CCc1ccc2c(-c3ccc(C(N)=O)cc3)c(CCCCCC(=O)[O-])c(C)nn12.[Na+]. The molecule has 0 aliphatic heterocycles. The molecule has 0 bridgehead atoms. The van der Waals surface area contributed by atoms with Crippen molar-refractivity contribution in [3.8, 4) is 11.1 Å². The van der Waals surface area contributed by atoms with Crippen LogP contribution < -0.4 is 40.4 Å². The number of rotatable bonds is 9. The maximum Gasteiger partial charge on any atom is 1.00 e. The van der Waals surface area contributed by atoms with Crippen molar-refractivity contribution in [1.29, 1.82) is 0 Å². The Bertz CT molecular complexity index is 1040. The van der Waals surface area contributed by atoms with E-state index in [0.717, 1.165) is 59.3 Å². The fourth-order valence-electron chi connectivity index (χ4n) is 3.77. The fourth-order valence-corrected chi connectivity index (χ4v) is 3.77. The quantitative estimate of drug-likeness (QED) is 0.387. The van der Waals surface area contributed by atoms with Crippen molar-refractivity contribution in [1.82, 2.24) is 9.61 Å². The van der Waals surface area contributed by atoms with Gasteiger partial charge in [-0.1, -0.05) is 25.5 Å². The number of hydrogen-bond acceptors (Lipinski definition) is 4. The van der Waals surface area contributed by atoms with Crippen LogP contribution in [0.1, 0.15) is 59.9 Å². The smallest absolute Gasteiger partial charge is 0.550 e. The molecule has 0 radical (unpaired) electrons. The van der Waals surface area contributed by atoms with Gasteiger partial charge in [0.1, 0.15) is 0 Å². The van der Waals surface area contributed by atoms with Gasteiger partial charge in [-0.2, -0.15) is 5.10 Å². The molecule has 0 aliphatic carbocycles. The van der Waals surface area contributed by atoms with E-state index in [1.165, 1.54) is 0 Å². The Morgan fingerprint density at radius 1 is 1.07 bits per heavy atom. The molecule has 7 heteroatoms. The van der Waals surface area contributed by atoms with E-state index in [4.69, 9.17) is 10.8 Å². The molecule has 0 saturated heterocycles. The number of amides is 1. The van der Waals surface area contributed by atoms with E-state index < -0.39 is 11.9 Å². The molecule has 1 aromatic carbocycles. The van der Waals surface area contributed by atoms with Crippen molar-refractivity contribution in [3.63, 3.8) is 0 Å². The molecule has 0 aliphatic rings. The maximum atomic E-state index is 11.4. The first kappa shape index (κ1) is 24.1. The summed E-state index contributed by atoms with van der Waals surface area (Å²) in [6.07, 6.45) is 4.09. The number of aryl methyl sites for hydroxylation is 2. The molecular formula is C23H26N3NaO3. The van der Waals surface area contributed by atoms with Gasteiger partial charge in [-0.15, -0.1) is 0 Å². The minimum Gasteiger partial charge on any atom is -0.550 e. The Morgan fingerprint density at radius 3 is 2.37 bits per heavy atom. The first-order chi connectivity index (χ1) is 13.9.